The summed E-state index contributed by atoms with van der Waals surface area (Å²) in [5.74, 6) is -2.29. The molecule has 0 heterocycles. The number of aliphatic hydroxyl groups excluding tert-OH is 1. The van der Waals surface area contributed by atoms with Crippen LogP contribution in [0.2, 0.25) is 0 Å². The molecule has 0 bridgehead atoms. The van der Waals surface area contributed by atoms with E-state index in [1.54, 1.807) is 0 Å². The molecule has 0 aromatic rings. The van der Waals surface area contributed by atoms with Gasteiger partial charge in [-0.2, -0.15) is 0 Å². The molecule has 0 radical (unpaired) electrons. The Balaban J connectivity index is 5.45. The van der Waals surface area contributed by atoms with Crippen molar-refractivity contribution in [1.82, 2.24) is 0 Å². The number of phosphoric ester groups is 2. The zero-order chi connectivity index (χ0) is 76.0. The van der Waals surface area contributed by atoms with E-state index in [-0.39, 0.29) is 25.7 Å². The van der Waals surface area contributed by atoms with Crippen molar-refractivity contribution in [1.29, 1.82) is 0 Å². The van der Waals surface area contributed by atoms with Crippen LogP contribution in [0.1, 0.15) is 297 Å². The number of ether oxygens (including phenoxy) is 4. The number of aliphatic hydroxyl groups is 1. The largest absolute Gasteiger partial charge is 0.472 e. The average molecular weight is 1500 g/mol. The minimum Gasteiger partial charge on any atom is -0.462 e. The quantitative estimate of drug-likeness (QED) is 0.0169. The van der Waals surface area contributed by atoms with Gasteiger partial charge in [-0.15, -0.1) is 0 Å². The molecule has 0 spiro atoms. The fourth-order valence-corrected chi connectivity index (χ4v) is 11.6. The Bertz CT molecular complexity index is 2590. The van der Waals surface area contributed by atoms with E-state index in [1.807, 2.05) is 12.2 Å². The molecule has 0 aliphatic heterocycles. The van der Waals surface area contributed by atoms with Crippen molar-refractivity contribution in [2.75, 3.05) is 39.6 Å². The number of rotatable bonds is 73. The first-order valence-electron chi connectivity index (χ1n) is 39.7. The van der Waals surface area contributed by atoms with Gasteiger partial charge in [0.2, 0.25) is 0 Å². The molecule has 0 rings (SSSR count). The molecule has 0 aromatic carbocycles. The molecule has 0 amide bonds. The van der Waals surface area contributed by atoms with Gasteiger partial charge in [-0.3, -0.25) is 37.3 Å². The number of carbonyl (C=O) groups is 4. The molecule has 0 saturated carbocycles. The Hall–Kier alpha value is -5.32. The third kappa shape index (κ3) is 74.9. The highest BCUT2D eigenvalue weighted by molar-refractivity contribution is 7.47. The van der Waals surface area contributed by atoms with Crippen molar-refractivity contribution in [3.05, 3.63) is 158 Å². The maximum atomic E-state index is 13.1. The summed E-state index contributed by atoms with van der Waals surface area (Å²) in [4.78, 5) is 73.0. The van der Waals surface area contributed by atoms with Crippen LogP contribution in [0.25, 0.3) is 0 Å². The average Bonchev–Trinajstić information content (AvgIpc) is 0.937. The molecule has 104 heavy (non-hydrogen) atoms. The van der Waals surface area contributed by atoms with Crippen LogP contribution >= 0.6 is 15.6 Å². The smallest absolute Gasteiger partial charge is 0.462 e. The second-order valence-corrected chi connectivity index (χ2v) is 28.8. The van der Waals surface area contributed by atoms with Crippen LogP contribution in [0, 0.1) is 0 Å². The Morgan fingerprint density at radius 2 is 0.510 bits per heavy atom. The van der Waals surface area contributed by atoms with Crippen molar-refractivity contribution >= 4 is 39.5 Å². The normalized spacial score (nSPS) is 14.7. The monoisotopic (exact) mass is 1490 g/mol. The first-order chi connectivity index (χ1) is 50.7. The van der Waals surface area contributed by atoms with Crippen molar-refractivity contribution in [3.8, 4) is 0 Å². The highest BCUT2D eigenvalue weighted by Crippen LogP contribution is 2.45. The molecular formula is C85H140O17P2. The highest BCUT2D eigenvalue weighted by Gasteiger charge is 2.30. The maximum Gasteiger partial charge on any atom is 0.472 e. The third-order valence-electron chi connectivity index (χ3n) is 16.0. The summed E-state index contributed by atoms with van der Waals surface area (Å²) in [5, 5.41) is 10.6. The summed E-state index contributed by atoms with van der Waals surface area (Å²) in [6, 6.07) is 0. The van der Waals surface area contributed by atoms with Gasteiger partial charge >= 0.3 is 39.5 Å². The van der Waals surface area contributed by atoms with E-state index < -0.39 is 97.5 Å². The maximum absolute atomic E-state index is 13.1. The third-order valence-corrected chi connectivity index (χ3v) is 17.9. The summed E-state index contributed by atoms with van der Waals surface area (Å²) >= 11 is 0. The molecule has 5 atom stereocenters. The lowest BCUT2D eigenvalue weighted by Gasteiger charge is -2.21. The minimum atomic E-state index is -5.00. The molecule has 0 fully saturated rings. The van der Waals surface area contributed by atoms with Crippen LogP contribution in [-0.2, 0) is 65.4 Å². The van der Waals surface area contributed by atoms with Gasteiger partial charge in [0.05, 0.1) is 26.4 Å². The van der Waals surface area contributed by atoms with Crippen LogP contribution in [0.3, 0.4) is 0 Å². The van der Waals surface area contributed by atoms with Gasteiger partial charge in [-0.1, -0.05) is 269 Å². The van der Waals surface area contributed by atoms with E-state index in [2.05, 4.69) is 174 Å². The van der Waals surface area contributed by atoms with Gasteiger partial charge in [0, 0.05) is 25.7 Å². The van der Waals surface area contributed by atoms with Crippen molar-refractivity contribution in [2.45, 2.75) is 316 Å². The number of carbonyl (C=O) groups excluding carboxylic acids is 4. The van der Waals surface area contributed by atoms with Crippen molar-refractivity contribution in [2.24, 2.45) is 0 Å². The summed E-state index contributed by atoms with van der Waals surface area (Å²) in [5.41, 5.74) is 0. The Morgan fingerprint density at radius 3 is 0.808 bits per heavy atom. The van der Waals surface area contributed by atoms with Gasteiger partial charge in [-0.25, -0.2) is 9.13 Å². The topological polar surface area (TPSA) is 237 Å². The number of allylic oxidation sites excluding steroid dienone is 26. The number of hydrogen-bond donors (Lipinski definition) is 3. The molecule has 592 valence electrons. The van der Waals surface area contributed by atoms with E-state index >= 15 is 0 Å². The van der Waals surface area contributed by atoms with Gasteiger partial charge in [0.1, 0.15) is 19.3 Å². The molecule has 3 N–H and O–H groups in total. The Labute approximate surface area is 629 Å². The highest BCUT2D eigenvalue weighted by atomic mass is 31.2. The van der Waals surface area contributed by atoms with E-state index in [4.69, 9.17) is 37.0 Å². The van der Waals surface area contributed by atoms with Crippen molar-refractivity contribution in [3.63, 3.8) is 0 Å². The van der Waals surface area contributed by atoms with E-state index in [0.717, 1.165) is 193 Å². The van der Waals surface area contributed by atoms with Crippen LogP contribution in [0.4, 0.5) is 0 Å². The predicted molar refractivity (Wildman–Crippen MR) is 427 cm³/mol. The molecular weight excluding hydrogens is 1350 g/mol. The van der Waals surface area contributed by atoms with E-state index in [9.17, 15) is 43.2 Å². The molecule has 0 aromatic heterocycles. The lowest BCUT2D eigenvalue weighted by atomic mass is 10.1. The standard InChI is InChI=1S/C85H140O17P2/c1-5-9-13-17-21-25-29-33-37-39-43-45-49-53-57-61-65-69-82(87)95-75-80(101-84(89)71-67-63-59-55-51-47-41-35-31-27-23-19-15-11-7-3)77-99-103(91,92)97-73-79(86)74-98-104(93,94)100-78-81(102-85(90)72-68-64-60-56-52-48-42-36-32-28-24-20-16-12-8-4)76-96-83(88)70-66-62-58-54-50-46-44-40-38-34-30-26-22-18-14-10-6-2/h9-11,13-15,21-28,33-38,41-42,44,46,54,58,79-81,86H,5-8,12,16-20,29-32,39-40,43,45,47-53,55-57,59-78H2,1-4H3,(H,91,92)(H,93,94)/b13-9-,14-10-,15-11-,25-21-,26-22-,27-23-,28-24-,37-33-,38-34-,41-35-,42-36-,46-44-,58-54-. The molecule has 0 aliphatic carbocycles. The first kappa shape index (κ1) is 98.7. The Morgan fingerprint density at radius 1 is 0.279 bits per heavy atom. The fourth-order valence-electron chi connectivity index (χ4n) is 10.0. The zero-order valence-electron chi connectivity index (χ0n) is 64.6. The van der Waals surface area contributed by atoms with Gasteiger partial charge < -0.3 is 33.8 Å². The van der Waals surface area contributed by atoms with Gasteiger partial charge in [-0.05, 0) is 161 Å². The summed E-state index contributed by atoms with van der Waals surface area (Å²) in [6.45, 7) is 4.40. The summed E-state index contributed by atoms with van der Waals surface area (Å²) < 4.78 is 68.5. The summed E-state index contributed by atoms with van der Waals surface area (Å²) in [6.07, 6.45) is 88.0. The molecule has 5 unspecified atom stereocenters. The predicted octanol–water partition coefficient (Wildman–Crippen LogP) is 23.2. The molecule has 17 nitrogen and oxygen atoms in total. The molecule has 19 heteroatoms. The first-order valence-corrected chi connectivity index (χ1v) is 42.7. The van der Waals surface area contributed by atoms with Crippen LogP contribution < -0.4 is 0 Å². The van der Waals surface area contributed by atoms with Crippen molar-refractivity contribution < 1.29 is 80.2 Å². The number of esters is 4. The van der Waals surface area contributed by atoms with Crippen LogP contribution in [0.15, 0.2) is 158 Å². The lowest BCUT2D eigenvalue weighted by molar-refractivity contribution is -0.161. The van der Waals surface area contributed by atoms with Crippen LogP contribution in [0.5, 0.6) is 0 Å². The van der Waals surface area contributed by atoms with E-state index in [0.29, 0.717) is 32.1 Å². The molecule has 0 saturated heterocycles. The SMILES string of the molecule is CC/C=C\C/C=C\C/C=C\C/C=C\C/C=C\CCCC(=O)OCC(COP(=O)(O)OCC(O)COP(=O)(O)OCC(COC(=O)CCCCCCCCC/C=C\C/C=C\C/C=C\CC)OC(=O)CCCCCCC/C=C\C/C=C\C/C=C\CC)OC(=O)CCCCCCC/C=C\C/C=C\CCCCC. The van der Waals surface area contributed by atoms with E-state index in [1.165, 1.54) is 19.3 Å². The zero-order valence-corrected chi connectivity index (χ0v) is 66.4. The fraction of sp³-hybridized carbons (Fsp3) is 0.647. The number of hydrogen-bond acceptors (Lipinski definition) is 15. The minimum absolute atomic E-state index is 0.0616. The molecule has 0 aliphatic rings. The Kier molecular flexibility index (Phi) is 72.0. The number of phosphoric acid groups is 2. The number of unbranched alkanes of at least 4 members (excludes halogenated alkanes) is 21. The lowest BCUT2D eigenvalue weighted by Crippen LogP contribution is -2.30. The van der Waals surface area contributed by atoms with Gasteiger partial charge in [0.15, 0.2) is 12.2 Å². The summed E-state index contributed by atoms with van der Waals surface area (Å²) in [7, 11) is -10.00. The second-order valence-electron chi connectivity index (χ2n) is 25.9. The van der Waals surface area contributed by atoms with Gasteiger partial charge in [0.25, 0.3) is 0 Å². The van der Waals surface area contributed by atoms with Crippen LogP contribution in [-0.4, -0.2) is 96.7 Å². The second kappa shape index (κ2) is 75.9.